The molecule has 2 heterocycles. The van der Waals surface area contributed by atoms with Gasteiger partial charge in [-0.1, -0.05) is 20.3 Å². The summed E-state index contributed by atoms with van der Waals surface area (Å²) in [6, 6.07) is 0. The van der Waals surface area contributed by atoms with Crippen LogP contribution in [0.25, 0.3) is 0 Å². The van der Waals surface area contributed by atoms with Crippen molar-refractivity contribution in [3.63, 3.8) is 0 Å². The number of carbonyl (C=O) groups is 1. The molecular weight excluding hydrogens is 244 g/mol. The van der Waals surface area contributed by atoms with Gasteiger partial charge in [-0.2, -0.15) is 11.8 Å². The molecule has 18 heavy (non-hydrogen) atoms. The van der Waals surface area contributed by atoms with Crippen LogP contribution < -0.4 is 0 Å². The van der Waals surface area contributed by atoms with E-state index in [0.717, 1.165) is 45.1 Å². The standard InChI is InChI=1S/C15H26O2S/c1-3-12(2)10-14(16)13-4-7-17-15(11-13)5-8-18-9-6-15/h12-13H,3-11H2,1-2H3. The van der Waals surface area contributed by atoms with Gasteiger partial charge in [0.15, 0.2) is 0 Å². The molecular formula is C15H26O2S. The molecule has 2 fully saturated rings. The first-order chi connectivity index (χ1) is 8.65. The van der Waals surface area contributed by atoms with Crippen molar-refractivity contribution in [1.29, 1.82) is 0 Å². The number of ether oxygens (including phenoxy) is 1. The van der Waals surface area contributed by atoms with Gasteiger partial charge in [-0.05, 0) is 43.1 Å². The fraction of sp³-hybridized carbons (Fsp3) is 0.933. The predicted octanol–water partition coefficient (Wildman–Crippen LogP) is 3.68. The van der Waals surface area contributed by atoms with Gasteiger partial charge in [-0.3, -0.25) is 4.79 Å². The molecule has 2 atom stereocenters. The van der Waals surface area contributed by atoms with Crippen LogP contribution in [0.4, 0.5) is 0 Å². The van der Waals surface area contributed by atoms with Gasteiger partial charge in [-0.15, -0.1) is 0 Å². The Balaban J connectivity index is 1.91. The fourth-order valence-electron chi connectivity index (χ4n) is 3.05. The van der Waals surface area contributed by atoms with E-state index >= 15 is 0 Å². The van der Waals surface area contributed by atoms with Crippen molar-refractivity contribution in [2.45, 2.75) is 58.0 Å². The Morgan fingerprint density at radius 1 is 1.44 bits per heavy atom. The molecule has 2 unspecified atom stereocenters. The van der Waals surface area contributed by atoms with Gasteiger partial charge in [0.25, 0.3) is 0 Å². The Bertz CT molecular complexity index is 279. The van der Waals surface area contributed by atoms with Crippen LogP contribution in [0.1, 0.15) is 52.4 Å². The molecule has 2 aliphatic rings. The minimum atomic E-state index is 0.0548. The van der Waals surface area contributed by atoms with Gasteiger partial charge in [0.2, 0.25) is 0 Å². The van der Waals surface area contributed by atoms with E-state index in [1.54, 1.807) is 0 Å². The summed E-state index contributed by atoms with van der Waals surface area (Å²) in [7, 11) is 0. The van der Waals surface area contributed by atoms with Crippen molar-refractivity contribution in [2.75, 3.05) is 18.1 Å². The Morgan fingerprint density at radius 3 is 2.83 bits per heavy atom. The SMILES string of the molecule is CCC(C)CC(=O)C1CCOC2(CCSCC2)C1. The maximum Gasteiger partial charge on any atom is 0.136 e. The lowest BCUT2D eigenvalue weighted by molar-refractivity contribution is -0.139. The molecule has 1 spiro atoms. The van der Waals surface area contributed by atoms with Crippen molar-refractivity contribution >= 4 is 17.5 Å². The lowest BCUT2D eigenvalue weighted by Gasteiger charge is -2.43. The molecule has 3 heteroatoms. The summed E-state index contributed by atoms with van der Waals surface area (Å²) < 4.78 is 6.05. The first kappa shape index (κ1) is 14.4. The van der Waals surface area contributed by atoms with E-state index in [1.165, 1.54) is 11.5 Å². The number of carbonyl (C=O) groups excluding carboxylic acids is 1. The van der Waals surface area contributed by atoms with Gasteiger partial charge >= 0.3 is 0 Å². The van der Waals surface area contributed by atoms with Crippen LogP contribution in [0.3, 0.4) is 0 Å². The zero-order valence-corrected chi connectivity index (χ0v) is 12.6. The van der Waals surface area contributed by atoms with Crippen molar-refractivity contribution in [3.05, 3.63) is 0 Å². The fourth-order valence-corrected chi connectivity index (χ4v) is 4.29. The highest BCUT2D eigenvalue weighted by Crippen LogP contribution is 2.40. The van der Waals surface area contributed by atoms with Crippen molar-refractivity contribution < 1.29 is 9.53 Å². The first-order valence-corrected chi connectivity index (χ1v) is 8.55. The molecule has 0 radical (unpaired) electrons. The molecule has 104 valence electrons. The quantitative estimate of drug-likeness (QED) is 0.779. The van der Waals surface area contributed by atoms with Crippen LogP contribution in [0.5, 0.6) is 0 Å². The van der Waals surface area contributed by atoms with E-state index in [-0.39, 0.29) is 11.5 Å². The largest absolute Gasteiger partial charge is 0.375 e. The summed E-state index contributed by atoms with van der Waals surface area (Å²) in [5, 5.41) is 0. The number of hydrogen-bond donors (Lipinski definition) is 0. The molecule has 2 nitrogen and oxygen atoms in total. The Morgan fingerprint density at radius 2 is 2.17 bits per heavy atom. The zero-order chi connectivity index (χ0) is 13.0. The molecule has 2 saturated heterocycles. The van der Waals surface area contributed by atoms with E-state index in [2.05, 4.69) is 13.8 Å². The van der Waals surface area contributed by atoms with E-state index in [0.29, 0.717) is 11.7 Å². The average Bonchev–Trinajstić information content (AvgIpc) is 2.39. The minimum Gasteiger partial charge on any atom is -0.375 e. The van der Waals surface area contributed by atoms with Crippen molar-refractivity contribution in [1.82, 2.24) is 0 Å². The van der Waals surface area contributed by atoms with Gasteiger partial charge in [0, 0.05) is 18.9 Å². The first-order valence-electron chi connectivity index (χ1n) is 7.39. The number of ketones is 1. The highest BCUT2D eigenvalue weighted by atomic mass is 32.2. The lowest BCUT2D eigenvalue weighted by Crippen LogP contribution is -2.44. The highest BCUT2D eigenvalue weighted by molar-refractivity contribution is 7.99. The van der Waals surface area contributed by atoms with E-state index in [4.69, 9.17) is 4.74 Å². The van der Waals surface area contributed by atoms with E-state index < -0.39 is 0 Å². The highest BCUT2D eigenvalue weighted by Gasteiger charge is 2.40. The second-order valence-electron chi connectivity index (χ2n) is 6.02. The normalized spacial score (nSPS) is 29.1. The van der Waals surface area contributed by atoms with Crippen LogP contribution >= 0.6 is 11.8 Å². The van der Waals surface area contributed by atoms with Crippen LogP contribution in [0, 0.1) is 11.8 Å². The monoisotopic (exact) mass is 270 g/mol. The van der Waals surface area contributed by atoms with Crippen LogP contribution in [0.15, 0.2) is 0 Å². The maximum atomic E-state index is 12.3. The molecule has 0 saturated carbocycles. The van der Waals surface area contributed by atoms with Gasteiger partial charge < -0.3 is 4.74 Å². The third-order valence-electron chi connectivity index (χ3n) is 4.60. The average molecular weight is 270 g/mol. The molecule has 0 amide bonds. The number of thioether (sulfide) groups is 1. The number of hydrogen-bond acceptors (Lipinski definition) is 3. The Kier molecular flexibility index (Phi) is 5.14. The van der Waals surface area contributed by atoms with Crippen LogP contribution in [0.2, 0.25) is 0 Å². The Labute approximate surface area is 115 Å². The third kappa shape index (κ3) is 3.51. The molecule has 0 bridgehead atoms. The predicted molar refractivity (Wildman–Crippen MR) is 77.0 cm³/mol. The molecule has 0 aromatic carbocycles. The van der Waals surface area contributed by atoms with E-state index in [9.17, 15) is 4.79 Å². The van der Waals surface area contributed by atoms with Gasteiger partial charge in [0.05, 0.1) is 5.60 Å². The van der Waals surface area contributed by atoms with Crippen LogP contribution in [-0.4, -0.2) is 29.5 Å². The summed E-state index contributed by atoms with van der Waals surface area (Å²) >= 11 is 2.02. The van der Waals surface area contributed by atoms with Gasteiger partial charge in [0.1, 0.15) is 5.78 Å². The molecule has 0 aromatic rings. The van der Waals surface area contributed by atoms with E-state index in [1.807, 2.05) is 11.8 Å². The topological polar surface area (TPSA) is 26.3 Å². The summed E-state index contributed by atoms with van der Waals surface area (Å²) in [5.74, 6) is 3.71. The smallest absolute Gasteiger partial charge is 0.136 e. The maximum absolute atomic E-state index is 12.3. The van der Waals surface area contributed by atoms with Gasteiger partial charge in [-0.25, -0.2) is 0 Å². The molecule has 0 aliphatic carbocycles. The summed E-state index contributed by atoms with van der Waals surface area (Å²) in [5.41, 5.74) is 0.0548. The molecule has 2 rings (SSSR count). The minimum absolute atomic E-state index is 0.0548. The molecule has 2 aliphatic heterocycles. The summed E-state index contributed by atoms with van der Waals surface area (Å²) in [6.45, 7) is 5.15. The third-order valence-corrected chi connectivity index (χ3v) is 5.58. The number of rotatable bonds is 4. The second kappa shape index (κ2) is 6.42. The Hall–Kier alpha value is -0.0200. The summed E-state index contributed by atoms with van der Waals surface area (Å²) in [4.78, 5) is 12.3. The van der Waals surface area contributed by atoms with Crippen molar-refractivity contribution in [3.8, 4) is 0 Å². The lowest BCUT2D eigenvalue weighted by atomic mass is 9.78. The summed E-state index contributed by atoms with van der Waals surface area (Å²) in [6.07, 6.45) is 6.10. The molecule has 0 N–H and O–H groups in total. The second-order valence-corrected chi connectivity index (χ2v) is 7.24. The van der Waals surface area contributed by atoms with Crippen molar-refractivity contribution in [2.24, 2.45) is 11.8 Å². The molecule has 0 aromatic heterocycles. The zero-order valence-electron chi connectivity index (χ0n) is 11.7. The van der Waals surface area contributed by atoms with Crippen LogP contribution in [-0.2, 0) is 9.53 Å². The number of Topliss-reactive ketones (excluding diaryl/α,β-unsaturated/α-hetero) is 1.